The van der Waals surface area contributed by atoms with Crippen LogP contribution in [0.15, 0.2) is 45.9 Å². The van der Waals surface area contributed by atoms with Crippen LogP contribution in [0.2, 0.25) is 0 Å². The molecular formula is C21H27N3O2S. The summed E-state index contributed by atoms with van der Waals surface area (Å²) in [5.74, 6) is -0.0357. The van der Waals surface area contributed by atoms with E-state index in [2.05, 4.69) is 11.4 Å². The van der Waals surface area contributed by atoms with Crippen molar-refractivity contribution in [2.75, 3.05) is 6.54 Å². The Labute approximate surface area is 164 Å². The van der Waals surface area contributed by atoms with Crippen LogP contribution >= 0.6 is 11.8 Å². The molecule has 1 heterocycles. The Morgan fingerprint density at radius 2 is 2.15 bits per heavy atom. The molecule has 5 nitrogen and oxygen atoms in total. The van der Waals surface area contributed by atoms with E-state index in [9.17, 15) is 9.59 Å². The van der Waals surface area contributed by atoms with Crippen molar-refractivity contribution in [3.8, 4) is 0 Å². The maximum absolute atomic E-state index is 13.1. The second-order valence-electron chi connectivity index (χ2n) is 6.88. The van der Waals surface area contributed by atoms with Crippen LogP contribution in [0.25, 0.3) is 10.9 Å². The van der Waals surface area contributed by atoms with Gasteiger partial charge in [0.15, 0.2) is 5.16 Å². The minimum absolute atomic E-state index is 0.0254. The lowest BCUT2D eigenvalue weighted by atomic mass is 9.97. The maximum Gasteiger partial charge on any atom is 0.262 e. The van der Waals surface area contributed by atoms with Gasteiger partial charge in [0.2, 0.25) is 5.91 Å². The minimum Gasteiger partial charge on any atom is -0.355 e. The summed E-state index contributed by atoms with van der Waals surface area (Å²) in [6.07, 6.45) is 7.92. The maximum atomic E-state index is 13.1. The standard InChI is InChI=1S/C21H27N3O2S/c1-3-22-19(25)15(2)27-21-23-18-12-8-7-11-17(18)20(26)24(21)14-13-16-9-5-4-6-10-16/h7-9,11-12,15H,3-6,10,13-14H2,1-2H3,(H,22,25)/t15-/m1/s1. The fraction of sp³-hybridized carbons (Fsp3) is 0.476. The van der Waals surface area contributed by atoms with Gasteiger partial charge in [-0.25, -0.2) is 4.98 Å². The first kappa shape index (κ1) is 19.7. The lowest BCUT2D eigenvalue weighted by Crippen LogP contribution is -2.32. The largest absolute Gasteiger partial charge is 0.355 e. The van der Waals surface area contributed by atoms with E-state index >= 15 is 0 Å². The van der Waals surface area contributed by atoms with Gasteiger partial charge in [-0.05, 0) is 58.1 Å². The molecule has 1 amide bonds. The zero-order valence-electron chi connectivity index (χ0n) is 16.0. The summed E-state index contributed by atoms with van der Waals surface area (Å²) in [5, 5.41) is 3.78. The Balaban J connectivity index is 1.92. The van der Waals surface area contributed by atoms with E-state index in [0.717, 1.165) is 19.3 Å². The van der Waals surface area contributed by atoms with Crippen LogP contribution in [0.4, 0.5) is 0 Å². The van der Waals surface area contributed by atoms with E-state index in [-0.39, 0.29) is 16.7 Å². The number of thioether (sulfide) groups is 1. The van der Waals surface area contributed by atoms with Crippen LogP contribution in [0.3, 0.4) is 0 Å². The van der Waals surface area contributed by atoms with E-state index in [1.165, 1.54) is 30.2 Å². The van der Waals surface area contributed by atoms with Crippen LogP contribution < -0.4 is 10.9 Å². The third-order valence-electron chi connectivity index (χ3n) is 4.87. The molecule has 0 radical (unpaired) electrons. The van der Waals surface area contributed by atoms with E-state index in [1.54, 1.807) is 4.57 Å². The van der Waals surface area contributed by atoms with Crippen molar-refractivity contribution in [3.05, 3.63) is 46.3 Å². The molecular weight excluding hydrogens is 358 g/mol. The summed E-state index contributed by atoms with van der Waals surface area (Å²) in [6, 6.07) is 7.42. The second kappa shape index (κ2) is 9.22. The first-order valence-electron chi connectivity index (χ1n) is 9.72. The number of allylic oxidation sites excluding steroid dienone is 2. The molecule has 6 heteroatoms. The molecule has 3 rings (SSSR count). The fourth-order valence-corrected chi connectivity index (χ4v) is 4.31. The average molecular weight is 386 g/mol. The van der Waals surface area contributed by atoms with Gasteiger partial charge in [0.05, 0.1) is 16.2 Å². The van der Waals surface area contributed by atoms with Crippen molar-refractivity contribution < 1.29 is 4.79 Å². The number of amides is 1. The van der Waals surface area contributed by atoms with Crippen LogP contribution in [-0.4, -0.2) is 27.3 Å². The van der Waals surface area contributed by atoms with E-state index in [0.29, 0.717) is 29.1 Å². The Hall–Kier alpha value is -2.08. The Morgan fingerprint density at radius 3 is 2.89 bits per heavy atom. The first-order chi connectivity index (χ1) is 13.1. The van der Waals surface area contributed by atoms with Crippen molar-refractivity contribution >= 4 is 28.6 Å². The van der Waals surface area contributed by atoms with Gasteiger partial charge in [-0.2, -0.15) is 0 Å². The molecule has 1 atom stereocenters. The van der Waals surface area contributed by atoms with Gasteiger partial charge < -0.3 is 5.32 Å². The highest BCUT2D eigenvalue weighted by atomic mass is 32.2. The van der Waals surface area contributed by atoms with Crippen molar-refractivity contribution in [1.82, 2.24) is 14.9 Å². The van der Waals surface area contributed by atoms with Crippen molar-refractivity contribution in [3.63, 3.8) is 0 Å². The van der Waals surface area contributed by atoms with E-state index in [1.807, 2.05) is 38.1 Å². The highest BCUT2D eigenvalue weighted by Gasteiger charge is 2.19. The number of benzene rings is 1. The number of hydrogen-bond acceptors (Lipinski definition) is 4. The van der Waals surface area contributed by atoms with Crippen LogP contribution in [0.5, 0.6) is 0 Å². The summed E-state index contributed by atoms with van der Waals surface area (Å²) in [4.78, 5) is 30.0. The Kier molecular flexibility index (Phi) is 6.72. The van der Waals surface area contributed by atoms with Crippen molar-refractivity contribution in [1.29, 1.82) is 0 Å². The summed E-state index contributed by atoms with van der Waals surface area (Å²) in [5.41, 5.74) is 2.08. The molecule has 1 aliphatic carbocycles. The minimum atomic E-state index is -0.307. The summed E-state index contributed by atoms with van der Waals surface area (Å²) < 4.78 is 1.75. The van der Waals surface area contributed by atoms with Crippen LogP contribution in [-0.2, 0) is 11.3 Å². The zero-order valence-corrected chi connectivity index (χ0v) is 16.8. The normalized spacial score (nSPS) is 15.4. The third kappa shape index (κ3) is 4.80. The van der Waals surface area contributed by atoms with E-state index < -0.39 is 0 Å². The molecule has 0 unspecified atom stereocenters. The molecule has 1 aromatic heterocycles. The highest BCUT2D eigenvalue weighted by Crippen LogP contribution is 2.25. The molecule has 27 heavy (non-hydrogen) atoms. The van der Waals surface area contributed by atoms with Crippen LogP contribution in [0.1, 0.15) is 46.0 Å². The summed E-state index contributed by atoms with van der Waals surface area (Å²) >= 11 is 1.35. The number of carbonyl (C=O) groups excluding carboxylic acids is 1. The molecule has 1 aliphatic rings. The van der Waals surface area contributed by atoms with Crippen molar-refractivity contribution in [2.45, 2.75) is 62.9 Å². The molecule has 144 valence electrons. The zero-order chi connectivity index (χ0) is 19.2. The third-order valence-corrected chi connectivity index (χ3v) is 5.96. The quantitative estimate of drug-likeness (QED) is 0.446. The SMILES string of the molecule is CCNC(=O)[C@@H](C)Sc1nc2ccccc2c(=O)n1CCC1=CCCCC1. The van der Waals surface area contributed by atoms with Gasteiger partial charge in [-0.3, -0.25) is 14.2 Å². The van der Waals surface area contributed by atoms with Gasteiger partial charge >= 0.3 is 0 Å². The first-order valence-corrected chi connectivity index (χ1v) is 10.6. The van der Waals surface area contributed by atoms with E-state index in [4.69, 9.17) is 4.98 Å². The lowest BCUT2D eigenvalue weighted by molar-refractivity contribution is -0.120. The molecule has 0 saturated heterocycles. The number of nitrogens with one attached hydrogen (secondary N) is 1. The molecule has 0 bridgehead atoms. The predicted molar refractivity (Wildman–Crippen MR) is 111 cm³/mol. The summed E-state index contributed by atoms with van der Waals surface area (Å²) in [6.45, 7) is 4.95. The lowest BCUT2D eigenvalue weighted by Gasteiger charge is -2.18. The number of para-hydroxylation sites is 1. The Bertz CT molecular complexity index is 904. The summed E-state index contributed by atoms with van der Waals surface area (Å²) in [7, 11) is 0. The number of fused-ring (bicyclic) bond motifs is 1. The second-order valence-corrected chi connectivity index (χ2v) is 8.19. The van der Waals surface area contributed by atoms with Gasteiger partial charge in [0.25, 0.3) is 5.56 Å². The Morgan fingerprint density at radius 1 is 1.33 bits per heavy atom. The number of hydrogen-bond donors (Lipinski definition) is 1. The van der Waals surface area contributed by atoms with Crippen molar-refractivity contribution in [2.24, 2.45) is 0 Å². The predicted octanol–water partition coefficient (Wildman–Crippen LogP) is 3.90. The molecule has 0 spiro atoms. The average Bonchev–Trinajstić information content (AvgIpc) is 2.68. The molecule has 1 N–H and O–H groups in total. The number of rotatable bonds is 7. The van der Waals surface area contributed by atoms with Gasteiger partial charge in [-0.15, -0.1) is 0 Å². The fourth-order valence-electron chi connectivity index (χ4n) is 3.35. The monoisotopic (exact) mass is 385 g/mol. The molecule has 0 aliphatic heterocycles. The van der Waals surface area contributed by atoms with Gasteiger partial charge in [-0.1, -0.05) is 35.5 Å². The number of aromatic nitrogens is 2. The molecule has 0 saturated carbocycles. The number of nitrogens with zero attached hydrogens (tertiary/aromatic N) is 2. The smallest absolute Gasteiger partial charge is 0.262 e. The molecule has 2 aromatic rings. The van der Waals surface area contributed by atoms with Gasteiger partial charge in [0, 0.05) is 13.1 Å². The number of carbonyl (C=O) groups is 1. The van der Waals surface area contributed by atoms with Crippen LogP contribution in [0, 0.1) is 0 Å². The molecule has 1 aromatic carbocycles. The molecule has 0 fully saturated rings. The topological polar surface area (TPSA) is 64.0 Å². The van der Waals surface area contributed by atoms with Gasteiger partial charge in [0.1, 0.15) is 0 Å². The highest BCUT2D eigenvalue weighted by molar-refractivity contribution is 8.00.